The van der Waals surface area contributed by atoms with E-state index in [0.29, 0.717) is 31.0 Å². The zero-order chi connectivity index (χ0) is 23.0. The summed E-state index contributed by atoms with van der Waals surface area (Å²) in [4.78, 5) is 0.324. The molecular weight excluding hydrogens is 435 g/mol. The van der Waals surface area contributed by atoms with Crippen molar-refractivity contribution < 1.29 is 12.8 Å². The predicted octanol–water partition coefficient (Wildman–Crippen LogP) is 5.62. The second-order valence-corrected chi connectivity index (χ2v) is 10.3. The molecule has 0 unspecified atom stereocenters. The number of halogens is 1. The molecule has 4 aromatic rings. The molecule has 0 aliphatic carbocycles. The van der Waals surface area contributed by atoms with Crippen molar-refractivity contribution in [1.29, 1.82) is 0 Å². The summed E-state index contributed by atoms with van der Waals surface area (Å²) in [7, 11) is -3.51. The average Bonchev–Trinajstić information content (AvgIpc) is 3.11. The van der Waals surface area contributed by atoms with Crippen LogP contribution in [0.25, 0.3) is 16.5 Å². The molecule has 6 heteroatoms. The summed E-state index contributed by atoms with van der Waals surface area (Å²) in [6.45, 7) is 3.44. The minimum atomic E-state index is -3.51. The van der Waals surface area contributed by atoms with Gasteiger partial charge >= 0.3 is 0 Å². The third-order valence-corrected chi connectivity index (χ3v) is 8.21. The van der Waals surface area contributed by atoms with E-state index in [1.165, 1.54) is 10.4 Å². The van der Waals surface area contributed by atoms with Gasteiger partial charge in [-0.3, -0.25) is 0 Å². The molecule has 0 radical (unpaired) electrons. The molecule has 5 rings (SSSR count). The van der Waals surface area contributed by atoms with Crippen LogP contribution in [0.2, 0.25) is 0 Å². The fourth-order valence-corrected chi connectivity index (χ4v) is 6.10. The monoisotopic (exact) mass is 460 g/mol. The van der Waals surface area contributed by atoms with Crippen molar-refractivity contribution in [2.75, 3.05) is 13.1 Å². The maximum Gasteiger partial charge on any atom is 0.243 e. The number of sulfonamides is 1. The molecule has 1 aliphatic rings. The van der Waals surface area contributed by atoms with Gasteiger partial charge in [0.2, 0.25) is 10.0 Å². The number of fused-ring (bicyclic) bond motifs is 1. The van der Waals surface area contributed by atoms with Crippen LogP contribution < -0.4 is 0 Å². The number of rotatable bonds is 5. The fourth-order valence-electron chi connectivity index (χ4n) is 4.70. The van der Waals surface area contributed by atoms with E-state index < -0.39 is 10.0 Å². The van der Waals surface area contributed by atoms with Crippen molar-refractivity contribution in [3.63, 3.8) is 0 Å². The van der Waals surface area contributed by atoms with E-state index in [4.69, 9.17) is 0 Å². The molecule has 0 atom stereocenters. The lowest BCUT2D eigenvalue weighted by Crippen LogP contribution is -2.34. The van der Waals surface area contributed by atoms with E-state index in [-0.39, 0.29) is 5.82 Å². The third kappa shape index (κ3) is 4.01. The first-order chi connectivity index (χ1) is 15.9. The maximum absolute atomic E-state index is 13.8. The molecule has 3 aromatic carbocycles. The highest BCUT2D eigenvalue weighted by atomic mass is 32.2. The minimum absolute atomic E-state index is 0.239. The molecular formula is C27H25FN2O2S. The molecule has 1 aromatic heterocycles. The van der Waals surface area contributed by atoms with Gasteiger partial charge in [0.05, 0.1) is 4.90 Å². The smallest absolute Gasteiger partial charge is 0.243 e. The lowest BCUT2D eigenvalue weighted by atomic mass is 9.97. The van der Waals surface area contributed by atoms with Crippen molar-refractivity contribution in [1.82, 2.24) is 8.87 Å². The number of hydrogen-bond acceptors (Lipinski definition) is 2. The van der Waals surface area contributed by atoms with E-state index in [9.17, 15) is 12.8 Å². The number of benzene rings is 3. The van der Waals surface area contributed by atoms with Crippen LogP contribution in [0.5, 0.6) is 0 Å². The van der Waals surface area contributed by atoms with Crippen LogP contribution in [-0.4, -0.2) is 30.4 Å². The molecule has 0 N–H and O–H groups in total. The highest BCUT2D eigenvalue weighted by molar-refractivity contribution is 7.89. The van der Waals surface area contributed by atoms with Gasteiger partial charge in [-0.05, 0) is 54.8 Å². The molecule has 0 fully saturated rings. The van der Waals surface area contributed by atoms with Gasteiger partial charge in [0, 0.05) is 41.8 Å². The van der Waals surface area contributed by atoms with Gasteiger partial charge in [0.25, 0.3) is 0 Å². The first-order valence-corrected chi connectivity index (χ1v) is 12.5. The van der Waals surface area contributed by atoms with E-state index in [0.717, 1.165) is 33.3 Å². The zero-order valence-electron chi connectivity index (χ0n) is 18.4. The molecule has 1 aliphatic heterocycles. The van der Waals surface area contributed by atoms with Crippen molar-refractivity contribution in [2.45, 2.75) is 24.8 Å². The van der Waals surface area contributed by atoms with E-state index in [1.54, 1.807) is 36.4 Å². The van der Waals surface area contributed by atoms with E-state index in [2.05, 4.69) is 23.6 Å². The predicted molar refractivity (Wildman–Crippen MR) is 130 cm³/mol. The van der Waals surface area contributed by atoms with Gasteiger partial charge in [-0.15, -0.1) is 0 Å². The Kier molecular flexibility index (Phi) is 5.64. The Hall–Kier alpha value is -3.22. The Balaban J connectivity index is 1.50. The van der Waals surface area contributed by atoms with Gasteiger partial charge in [-0.2, -0.15) is 4.31 Å². The second kappa shape index (κ2) is 8.61. The number of nitrogens with zero attached hydrogens (tertiary/aromatic N) is 2. The second-order valence-electron chi connectivity index (χ2n) is 8.35. The van der Waals surface area contributed by atoms with Gasteiger partial charge in [-0.1, -0.05) is 54.6 Å². The quantitative estimate of drug-likeness (QED) is 0.388. The van der Waals surface area contributed by atoms with Crippen LogP contribution in [-0.2, 0) is 16.6 Å². The Bertz CT molecular complexity index is 1460. The number of hydrogen-bond donors (Lipinski definition) is 0. The van der Waals surface area contributed by atoms with Crippen LogP contribution >= 0.6 is 0 Å². The molecule has 0 bridgehead atoms. The summed E-state index contributed by atoms with van der Waals surface area (Å²) in [6, 6.07) is 23.5. The molecule has 0 amide bonds. The number of para-hydroxylation sites is 1. The molecule has 0 spiro atoms. The van der Waals surface area contributed by atoms with Crippen LogP contribution in [0, 0.1) is 12.7 Å². The first-order valence-electron chi connectivity index (χ1n) is 11.0. The standard InChI is InChI=1S/C27H25FN2O2S/c1-20-27(22-14-16-29(17-15-22)33(31,32)24-10-3-2-4-11-24)25-12-5-6-13-26(25)30(20)19-21-8-7-9-23(28)18-21/h2-14,18H,15-17,19H2,1H3. The molecule has 4 nitrogen and oxygen atoms in total. The van der Waals surface area contributed by atoms with Gasteiger partial charge in [0.1, 0.15) is 5.82 Å². The normalized spacial score (nSPS) is 15.0. The molecule has 0 saturated carbocycles. The lowest BCUT2D eigenvalue weighted by molar-refractivity contribution is 0.441. The first kappa shape index (κ1) is 21.6. The van der Waals surface area contributed by atoms with E-state index in [1.807, 2.05) is 30.3 Å². The Morgan fingerprint density at radius 1 is 0.939 bits per heavy atom. The van der Waals surface area contributed by atoms with Crippen LogP contribution in [0.3, 0.4) is 0 Å². The van der Waals surface area contributed by atoms with Crippen molar-refractivity contribution in [3.8, 4) is 0 Å². The van der Waals surface area contributed by atoms with Crippen molar-refractivity contribution in [3.05, 3.63) is 108 Å². The summed E-state index contributed by atoms with van der Waals surface area (Å²) >= 11 is 0. The topological polar surface area (TPSA) is 42.3 Å². The summed E-state index contributed by atoms with van der Waals surface area (Å²) in [5.41, 5.74) is 5.41. The average molecular weight is 461 g/mol. The Labute approximate surface area is 193 Å². The van der Waals surface area contributed by atoms with Crippen LogP contribution in [0.1, 0.15) is 23.2 Å². The molecule has 168 valence electrons. The SMILES string of the molecule is Cc1c(C2=CCN(S(=O)(=O)c3ccccc3)CC2)c2ccccc2n1Cc1cccc(F)c1. The van der Waals surface area contributed by atoms with Gasteiger partial charge < -0.3 is 4.57 Å². The fraction of sp³-hybridized carbons (Fsp3) is 0.185. The summed E-state index contributed by atoms with van der Waals surface area (Å²) < 4.78 is 43.5. The van der Waals surface area contributed by atoms with Gasteiger partial charge in [0.15, 0.2) is 0 Å². The summed E-state index contributed by atoms with van der Waals surface area (Å²) in [5.74, 6) is -0.239. The Morgan fingerprint density at radius 2 is 1.70 bits per heavy atom. The minimum Gasteiger partial charge on any atom is -0.340 e. The number of aromatic nitrogens is 1. The highest BCUT2D eigenvalue weighted by Gasteiger charge is 2.27. The zero-order valence-corrected chi connectivity index (χ0v) is 19.2. The van der Waals surface area contributed by atoms with Crippen LogP contribution in [0.4, 0.5) is 4.39 Å². The molecule has 33 heavy (non-hydrogen) atoms. The molecule has 0 saturated heterocycles. The third-order valence-electron chi connectivity index (χ3n) is 6.33. The summed E-state index contributed by atoms with van der Waals surface area (Å²) in [5, 5.41) is 1.14. The maximum atomic E-state index is 13.8. The molecule has 2 heterocycles. The van der Waals surface area contributed by atoms with Crippen molar-refractivity contribution in [2.24, 2.45) is 0 Å². The van der Waals surface area contributed by atoms with E-state index >= 15 is 0 Å². The van der Waals surface area contributed by atoms with Crippen molar-refractivity contribution >= 4 is 26.5 Å². The lowest BCUT2D eigenvalue weighted by Gasteiger charge is -2.26. The highest BCUT2D eigenvalue weighted by Crippen LogP contribution is 2.35. The summed E-state index contributed by atoms with van der Waals surface area (Å²) in [6.07, 6.45) is 2.67. The van der Waals surface area contributed by atoms with Gasteiger partial charge in [-0.25, -0.2) is 12.8 Å². The Morgan fingerprint density at radius 3 is 2.42 bits per heavy atom. The largest absolute Gasteiger partial charge is 0.340 e. The van der Waals surface area contributed by atoms with Crippen LogP contribution in [0.15, 0.2) is 89.8 Å².